The number of amides is 1. The van der Waals surface area contributed by atoms with Crippen LogP contribution in [-0.4, -0.2) is 34.2 Å². The van der Waals surface area contributed by atoms with Gasteiger partial charge in [0.2, 0.25) is 0 Å². The van der Waals surface area contributed by atoms with E-state index in [1.54, 1.807) is 6.07 Å². The van der Waals surface area contributed by atoms with Crippen LogP contribution in [0.1, 0.15) is 36.2 Å². The lowest BCUT2D eigenvalue weighted by atomic mass is 9.92. The Kier molecular flexibility index (Phi) is 4.52. The van der Waals surface area contributed by atoms with Gasteiger partial charge in [0.05, 0.1) is 18.7 Å². The molecule has 1 aliphatic rings. The number of aromatic nitrogens is 1. The van der Waals surface area contributed by atoms with Gasteiger partial charge in [0.25, 0.3) is 12.3 Å². The normalized spacial score (nSPS) is 23.6. The van der Waals surface area contributed by atoms with E-state index in [-0.39, 0.29) is 11.7 Å². The van der Waals surface area contributed by atoms with Gasteiger partial charge in [0.15, 0.2) is 0 Å². The van der Waals surface area contributed by atoms with Crippen LogP contribution in [0, 0.1) is 0 Å². The Morgan fingerprint density at radius 2 is 2.21 bits per heavy atom. The molecule has 1 aliphatic carbocycles. The van der Waals surface area contributed by atoms with Gasteiger partial charge < -0.3 is 15.0 Å². The van der Waals surface area contributed by atoms with E-state index in [2.05, 4.69) is 5.32 Å². The van der Waals surface area contributed by atoms with Crippen LogP contribution in [0.15, 0.2) is 18.3 Å². The lowest BCUT2D eigenvalue weighted by Crippen LogP contribution is -2.45. The summed E-state index contributed by atoms with van der Waals surface area (Å²) in [5, 5.41) is 12.5. The fraction of sp³-hybridized carbons (Fsp3) is 0.615. The SMILES string of the molecule is O=C(N[C@@H]1CCCC[C@H]1O)c1cccn1CC(F)F. The summed E-state index contributed by atoms with van der Waals surface area (Å²) in [5.41, 5.74) is 0.207. The number of aliphatic hydroxyl groups is 1. The zero-order valence-corrected chi connectivity index (χ0v) is 10.6. The molecule has 0 bridgehead atoms. The van der Waals surface area contributed by atoms with Crippen LogP contribution in [0.25, 0.3) is 0 Å². The van der Waals surface area contributed by atoms with E-state index >= 15 is 0 Å². The van der Waals surface area contributed by atoms with Crippen molar-refractivity contribution in [3.63, 3.8) is 0 Å². The fourth-order valence-corrected chi connectivity index (χ4v) is 2.45. The maximum Gasteiger partial charge on any atom is 0.268 e. The molecule has 0 spiro atoms. The Morgan fingerprint density at radius 1 is 1.47 bits per heavy atom. The van der Waals surface area contributed by atoms with Crippen LogP contribution in [0.2, 0.25) is 0 Å². The Balaban J connectivity index is 2.01. The summed E-state index contributed by atoms with van der Waals surface area (Å²) < 4.78 is 26.0. The van der Waals surface area contributed by atoms with E-state index in [0.29, 0.717) is 6.42 Å². The van der Waals surface area contributed by atoms with Gasteiger partial charge in [-0.1, -0.05) is 12.8 Å². The van der Waals surface area contributed by atoms with Gasteiger partial charge in [-0.2, -0.15) is 0 Å². The number of carbonyl (C=O) groups is 1. The predicted molar refractivity (Wildman–Crippen MR) is 66.2 cm³/mol. The second-order valence-electron chi connectivity index (χ2n) is 4.87. The molecular weight excluding hydrogens is 254 g/mol. The highest BCUT2D eigenvalue weighted by molar-refractivity contribution is 5.93. The fourth-order valence-electron chi connectivity index (χ4n) is 2.45. The van der Waals surface area contributed by atoms with E-state index in [9.17, 15) is 18.7 Å². The number of aliphatic hydroxyl groups excluding tert-OH is 1. The lowest BCUT2D eigenvalue weighted by molar-refractivity contribution is 0.0705. The van der Waals surface area contributed by atoms with E-state index in [4.69, 9.17) is 0 Å². The first-order valence-electron chi connectivity index (χ1n) is 6.50. The first-order valence-corrected chi connectivity index (χ1v) is 6.50. The maximum atomic E-state index is 12.4. The molecule has 1 heterocycles. The predicted octanol–water partition coefficient (Wildman–Crippen LogP) is 1.79. The molecule has 6 heteroatoms. The third-order valence-electron chi connectivity index (χ3n) is 3.44. The van der Waals surface area contributed by atoms with Crippen LogP contribution in [0.3, 0.4) is 0 Å². The molecule has 2 N–H and O–H groups in total. The minimum Gasteiger partial charge on any atom is -0.391 e. The number of hydrogen-bond acceptors (Lipinski definition) is 2. The first-order chi connectivity index (χ1) is 9.08. The Labute approximate surface area is 110 Å². The highest BCUT2D eigenvalue weighted by Crippen LogP contribution is 2.19. The summed E-state index contributed by atoms with van der Waals surface area (Å²) in [7, 11) is 0. The van der Waals surface area contributed by atoms with Crippen molar-refractivity contribution in [2.24, 2.45) is 0 Å². The standard InChI is InChI=1S/C13H18F2N2O2/c14-12(15)8-17-7-3-5-10(17)13(19)16-9-4-1-2-6-11(9)18/h3,5,7,9,11-12,18H,1-2,4,6,8H2,(H,16,19)/t9-,11-/m1/s1. The van der Waals surface area contributed by atoms with E-state index in [1.165, 1.54) is 16.8 Å². The highest BCUT2D eigenvalue weighted by Gasteiger charge is 2.25. The minimum absolute atomic E-state index is 0.207. The van der Waals surface area contributed by atoms with Crippen molar-refractivity contribution in [1.29, 1.82) is 0 Å². The van der Waals surface area contributed by atoms with Gasteiger partial charge in [0, 0.05) is 6.20 Å². The number of alkyl halides is 2. The van der Waals surface area contributed by atoms with Crippen LogP contribution in [0.5, 0.6) is 0 Å². The molecule has 1 amide bonds. The number of hydrogen-bond donors (Lipinski definition) is 2. The first kappa shape index (κ1) is 14.0. The molecule has 4 nitrogen and oxygen atoms in total. The quantitative estimate of drug-likeness (QED) is 0.878. The second-order valence-corrected chi connectivity index (χ2v) is 4.87. The van der Waals surface area contributed by atoms with Crippen LogP contribution in [0.4, 0.5) is 8.78 Å². The minimum atomic E-state index is -2.50. The zero-order valence-electron chi connectivity index (χ0n) is 10.6. The van der Waals surface area contributed by atoms with E-state index < -0.39 is 25.0 Å². The molecular formula is C13H18F2N2O2. The van der Waals surface area contributed by atoms with Gasteiger partial charge >= 0.3 is 0 Å². The maximum absolute atomic E-state index is 12.4. The monoisotopic (exact) mass is 272 g/mol. The van der Waals surface area contributed by atoms with Crippen molar-refractivity contribution in [2.45, 2.75) is 50.8 Å². The largest absolute Gasteiger partial charge is 0.391 e. The molecule has 1 saturated carbocycles. The molecule has 0 aliphatic heterocycles. The van der Waals surface area contributed by atoms with Crippen LogP contribution >= 0.6 is 0 Å². The van der Waals surface area contributed by atoms with Gasteiger partial charge in [0.1, 0.15) is 5.69 Å². The number of nitrogens with one attached hydrogen (secondary N) is 1. The zero-order chi connectivity index (χ0) is 13.8. The average molecular weight is 272 g/mol. The lowest BCUT2D eigenvalue weighted by Gasteiger charge is -2.28. The molecule has 1 fully saturated rings. The Bertz CT molecular complexity index is 434. The average Bonchev–Trinajstić information content (AvgIpc) is 2.79. The number of carbonyl (C=O) groups excluding carboxylic acids is 1. The van der Waals surface area contributed by atoms with Gasteiger partial charge in [-0.15, -0.1) is 0 Å². The molecule has 0 radical (unpaired) electrons. The topological polar surface area (TPSA) is 54.3 Å². The molecule has 2 atom stereocenters. The van der Waals surface area contributed by atoms with Crippen molar-refractivity contribution >= 4 is 5.91 Å². The van der Waals surface area contributed by atoms with Crippen LogP contribution < -0.4 is 5.32 Å². The summed E-state index contributed by atoms with van der Waals surface area (Å²) in [6.07, 6.45) is 1.72. The third-order valence-corrected chi connectivity index (χ3v) is 3.44. The third kappa shape index (κ3) is 3.53. The highest BCUT2D eigenvalue weighted by atomic mass is 19.3. The van der Waals surface area contributed by atoms with E-state index in [0.717, 1.165) is 19.3 Å². The van der Waals surface area contributed by atoms with Crippen molar-refractivity contribution in [3.05, 3.63) is 24.0 Å². The van der Waals surface area contributed by atoms with Crippen molar-refractivity contribution in [1.82, 2.24) is 9.88 Å². The molecule has 1 aromatic rings. The molecule has 2 rings (SSSR count). The summed E-state index contributed by atoms with van der Waals surface area (Å²) in [5.74, 6) is -0.406. The van der Waals surface area contributed by atoms with Gasteiger partial charge in [-0.05, 0) is 25.0 Å². The smallest absolute Gasteiger partial charge is 0.268 e. The van der Waals surface area contributed by atoms with Crippen LogP contribution in [-0.2, 0) is 6.54 Å². The summed E-state index contributed by atoms with van der Waals surface area (Å²) in [4.78, 5) is 12.0. The van der Waals surface area contributed by atoms with E-state index in [1.807, 2.05) is 0 Å². The molecule has 106 valence electrons. The molecule has 0 unspecified atom stereocenters. The molecule has 1 aromatic heterocycles. The summed E-state index contributed by atoms with van der Waals surface area (Å²) in [6.45, 7) is -0.497. The number of nitrogens with zero attached hydrogens (tertiary/aromatic N) is 1. The molecule has 0 saturated heterocycles. The van der Waals surface area contributed by atoms with Crippen molar-refractivity contribution < 1.29 is 18.7 Å². The van der Waals surface area contributed by atoms with Gasteiger partial charge in [-0.3, -0.25) is 4.79 Å². The molecule has 19 heavy (non-hydrogen) atoms. The van der Waals surface area contributed by atoms with Crippen molar-refractivity contribution in [3.8, 4) is 0 Å². The Hall–Kier alpha value is -1.43. The summed E-state index contributed by atoms with van der Waals surface area (Å²) in [6, 6.07) is 2.79. The Morgan fingerprint density at radius 3 is 2.89 bits per heavy atom. The number of rotatable bonds is 4. The van der Waals surface area contributed by atoms with Crippen molar-refractivity contribution in [2.75, 3.05) is 0 Å². The second kappa shape index (κ2) is 6.14. The number of halogens is 2. The molecule has 0 aromatic carbocycles. The van der Waals surface area contributed by atoms with Gasteiger partial charge in [-0.25, -0.2) is 8.78 Å². The summed E-state index contributed by atoms with van der Waals surface area (Å²) >= 11 is 0.